The lowest BCUT2D eigenvalue weighted by atomic mass is 10.1. The molecule has 0 radical (unpaired) electrons. The molecule has 1 aromatic carbocycles. The van der Waals surface area contributed by atoms with Crippen LogP contribution in [0.3, 0.4) is 0 Å². The molecule has 1 fully saturated rings. The predicted octanol–water partition coefficient (Wildman–Crippen LogP) is 1.28. The van der Waals surface area contributed by atoms with Crippen LogP contribution < -0.4 is 5.32 Å². The van der Waals surface area contributed by atoms with Crippen LogP contribution in [0.2, 0.25) is 0 Å². The van der Waals surface area contributed by atoms with Gasteiger partial charge >= 0.3 is 0 Å². The number of phenolic OH excluding ortho intramolecular Hbond substituents is 1. The molecule has 21 heavy (non-hydrogen) atoms. The van der Waals surface area contributed by atoms with Gasteiger partial charge in [0.2, 0.25) is 0 Å². The summed E-state index contributed by atoms with van der Waals surface area (Å²) in [6.07, 6.45) is 2.40. The zero-order chi connectivity index (χ0) is 15.2. The molecule has 5 heteroatoms. The van der Waals surface area contributed by atoms with Crippen LogP contribution >= 0.6 is 0 Å². The van der Waals surface area contributed by atoms with Crippen molar-refractivity contribution in [3.05, 3.63) is 29.3 Å². The van der Waals surface area contributed by atoms with Crippen molar-refractivity contribution in [1.82, 2.24) is 10.2 Å². The summed E-state index contributed by atoms with van der Waals surface area (Å²) in [5.74, 6) is -0.209. The summed E-state index contributed by atoms with van der Waals surface area (Å²) in [5.41, 5.74) is 1.25. The van der Waals surface area contributed by atoms with E-state index in [-0.39, 0.29) is 17.8 Å². The third kappa shape index (κ3) is 4.72. The minimum Gasteiger partial charge on any atom is -0.507 e. The van der Waals surface area contributed by atoms with Gasteiger partial charge in [0.15, 0.2) is 0 Å². The van der Waals surface area contributed by atoms with Gasteiger partial charge in [-0.3, -0.25) is 4.79 Å². The summed E-state index contributed by atoms with van der Waals surface area (Å²) in [5, 5.41) is 22.0. The third-order valence-corrected chi connectivity index (χ3v) is 3.89. The highest BCUT2D eigenvalue weighted by atomic mass is 16.3. The molecular formula is C16H24N2O3. The SMILES string of the molecule is Cc1ccc(C(=O)NCCCN2CCC(O)CC2)c(O)c1. The second-order valence-corrected chi connectivity index (χ2v) is 5.70. The quantitative estimate of drug-likeness (QED) is 0.715. The van der Waals surface area contributed by atoms with Gasteiger partial charge in [-0.1, -0.05) is 6.07 Å². The maximum absolute atomic E-state index is 12.0. The van der Waals surface area contributed by atoms with E-state index < -0.39 is 0 Å². The molecule has 1 aliphatic rings. The van der Waals surface area contributed by atoms with E-state index in [1.807, 2.05) is 13.0 Å². The van der Waals surface area contributed by atoms with E-state index in [4.69, 9.17) is 0 Å². The molecule has 5 nitrogen and oxygen atoms in total. The first-order chi connectivity index (χ1) is 10.1. The lowest BCUT2D eigenvalue weighted by molar-refractivity contribution is 0.0816. The molecule has 1 amide bonds. The van der Waals surface area contributed by atoms with Crippen molar-refractivity contribution in [3.63, 3.8) is 0 Å². The first-order valence-corrected chi connectivity index (χ1v) is 7.54. The number of phenols is 1. The van der Waals surface area contributed by atoms with Gasteiger partial charge in [-0.05, 0) is 50.4 Å². The number of nitrogens with zero attached hydrogens (tertiary/aromatic N) is 1. The fourth-order valence-corrected chi connectivity index (χ4v) is 2.58. The lowest BCUT2D eigenvalue weighted by Crippen LogP contribution is -2.37. The van der Waals surface area contributed by atoms with E-state index >= 15 is 0 Å². The van der Waals surface area contributed by atoms with Crippen molar-refractivity contribution < 1.29 is 15.0 Å². The van der Waals surface area contributed by atoms with Crippen molar-refractivity contribution in [1.29, 1.82) is 0 Å². The molecule has 3 N–H and O–H groups in total. The molecule has 0 aliphatic carbocycles. The number of aliphatic hydroxyl groups excluding tert-OH is 1. The molecule has 0 aromatic heterocycles. The van der Waals surface area contributed by atoms with Gasteiger partial charge in [0.05, 0.1) is 11.7 Å². The average molecular weight is 292 g/mol. The van der Waals surface area contributed by atoms with Gasteiger partial charge in [-0.2, -0.15) is 0 Å². The molecule has 1 heterocycles. The average Bonchev–Trinajstić information content (AvgIpc) is 2.45. The topological polar surface area (TPSA) is 72.8 Å². The number of likely N-dealkylation sites (tertiary alicyclic amines) is 1. The Balaban J connectivity index is 1.69. The Morgan fingerprint density at radius 1 is 1.38 bits per heavy atom. The summed E-state index contributed by atoms with van der Waals surface area (Å²) < 4.78 is 0. The van der Waals surface area contributed by atoms with Crippen LogP contribution in [0.25, 0.3) is 0 Å². The Labute approximate surface area is 125 Å². The number of hydrogen-bond acceptors (Lipinski definition) is 4. The van der Waals surface area contributed by atoms with Crippen molar-refractivity contribution in [2.45, 2.75) is 32.3 Å². The molecule has 1 aliphatic heterocycles. The summed E-state index contributed by atoms with van der Waals surface area (Å²) in [4.78, 5) is 14.3. The molecule has 0 atom stereocenters. The lowest BCUT2D eigenvalue weighted by Gasteiger charge is -2.29. The Kier molecular flexibility index (Phi) is 5.59. The second kappa shape index (κ2) is 7.43. The van der Waals surface area contributed by atoms with Gasteiger partial charge in [-0.25, -0.2) is 0 Å². The number of aromatic hydroxyl groups is 1. The monoisotopic (exact) mass is 292 g/mol. The van der Waals surface area contributed by atoms with Crippen LogP contribution in [-0.4, -0.2) is 53.3 Å². The van der Waals surface area contributed by atoms with Crippen LogP contribution in [0.15, 0.2) is 18.2 Å². The van der Waals surface area contributed by atoms with Gasteiger partial charge in [0.25, 0.3) is 5.91 Å². The molecule has 1 aromatic rings. The normalized spacial score (nSPS) is 16.9. The second-order valence-electron chi connectivity index (χ2n) is 5.70. The van der Waals surface area contributed by atoms with E-state index in [1.54, 1.807) is 12.1 Å². The predicted molar refractivity (Wildman–Crippen MR) is 81.5 cm³/mol. The molecule has 0 bridgehead atoms. The minimum absolute atomic E-state index is 0.0255. The molecular weight excluding hydrogens is 268 g/mol. The Morgan fingerprint density at radius 3 is 2.76 bits per heavy atom. The van der Waals surface area contributed by atoms with Crippen LogP contribution in [0.4, 0.5) is 0 Å². The maximum Gasteiger partial charge on any atom is 0.255 e. The highest BCUT2D eigenvalue weighted by Gasteiger charge is 2.16. The zero-order valence-corrected chi connectivity index (χ0v) is 12.5. The number of amides is 1. The van der Waals surface area contributed by atoms with Crippen LogP contribution in [0.1, 0.15) is 35.2 Å². The first-order valence-electron chi connectivity index (χ1n) is 7.54. The summed E-state index contributed by atoms with van der Waals surface area (Å²) in [7, 11) is 0. The van der Waals surface area contributed by atoms with E-state index in [0.717, 1.165) is 44.5 Å². The van der Waals surface area contributed by atoms with Crippen molar-refractivity contribution in [2.24, 2.45) is 0 Å². The molecule has 1 saturated heterocycles. The van der Waals surface area contributed by atoms with Crippen molar-refractivity contribution in [2.75, 3.05) is 26.2 Å². The number of carbonyl (C=O) groups excluding carboxylic acids is 1. The first kappa shape index (κ1) is 15.8. The number of nitrogens with one attached hydrogen (secondary N) is 1. The fraction of sp³-hybridized carbons (Fsp3) is 0.562. The molecule has 0 unspecified atom stereocenters. The summed E-state index contributed by atoms with van der Waals surface area (Å²) in [6, 6.07) is 5.05. The minimum atomic E-state index is -0.235. The van der Waals surface area contributed by atoms with Gasteiger partial charge in [0, 0.05) is 19.6 Å². The molecule has 0 saturated carbocycles. The molecule has 116 valence electrons. The molecule has 2 rings (SSSR count). The number of piperidine rings is 1. The van der Waals surface area contributed by atoms with Crippen LogP contribution in [-0.2, 0) is 0 Å². The third-order valence-electron chi connectivity index (χ3n) is 3.89. The van der Waals surface area contributed by atoms with Crippen molar-refractivity contribution >= 4 is 5.91 Å². The van der Waals surface area contributed by atoms with Crippen molar-refractivity contribution in [3.8, 4) is 5.75 Å². The van der Waals surface area contributed by atoms with Crippen LogP contribution in [0, 0.1) is 6.92 Å². The zero-order valence-electron chi connectivity index (χ0n) is 12.5. The smallest absolute Gasteiger partial charge is 0.255 e. The fourth-order valence-electron chi connectivity index (χ4n) is 2.58. The Hall–Kier alpha value is -1.59. The largest absolute Gasteiger partial charge is 0.507 e. The summed E-state index contributed by atoms with van der Waals surface area (Å²) >= 11 is 0. The number of rotatable bonds is 5. The van der Waals surface area contributed by atoms with E-state index in [0.29, 0.717) is 12.1 Å². The van der Waals surface area contributed by atoms with Gasteiger partial charge < -0.3 is 20.4 Å². The van der Waals surface area contributed by atoms with Gasteiger partial charge in [0.1, 0.15) is 5.75 Å². The highest BCUT2D eigenvalue weighted by molar-refractivity contribution is 5.96. The Bertz CT molecular complexity index is 482. The number of aliphatic hydroxyl groups is 1. The van der Waals surface area contributed by atoms with E-state index in [2.05, 4.69) is 10.2 Å². The standard InChI is InChI=1S/C16H24N2O3/c1-12-3-4-14(15(20)11-12)16(21)17-7-2-8-18-9-5-13(19)6-10-18/h3-4,11,13,19-20H,2,5-10H2,1H3,(H,17,21). The number of benzene rings is 1. The maximum atomic E-state index is 12.0. The Morgan fingerprint density at radius 2 is 2.10 bits per heavy atom. The summed E-state index contributed by atoms with van der Waals surface area (Å²) in [6.45, 7) is 5.23. The number of carbonyl (C=O) groups is 1. The van der Waals surface area contributed by atoms with Crippen LogP contribution in [0.5, 0.6) is 5.75 Å². The number of hydrogen-bond donors (Lipinski definition) is 3. The molecule has 0 spiro atoms. The van der Waals surface area contributed by atoms with E-state index in [9.17, 15) is 15.0 Å². The van der Waals surface area contributed by atoms with E-state index in [1.165, 1.54) is 0 Å². The van der Waals surface area contributed by atoms with Gasteiger partial charge in [-0.15, -0.1) is 0 Å². The number of aryl methyl sites for hydroxylation is 1. The highest BCUT2D eigenvalue weighted by Crippen LogP contribution is 2.18.